The van der Waals surface area contributed by atoms with Gasteiger partial charge < -0.3 is 10.6 Å². The van der Waals surface area contributed by atoms with E-state index in [0.29, 0.717) is 12.2 Å². The molecular formula is C20H23N3O. The predicted molar refractivity (Wildman–Crippen MR) is 97.6 cm³/mol. The Labute approximate surface area is 143 Å². The molecule has 0 saturated heterocycles. The first kappa shape index (κ1) is 16.2. The van der Waals surface area contributed by atoms with Crippen LogP contribution < -0.4 is 5.73 Å². The summed E-state index contributed by atoms with van der Waals surface area (Å²) < 4.78 is 0. The van der Waals surface area contributed by atoms with Crippen LogP contribution in [-0.4, -0.2) is 28.4 Å². The van der Waals surface area contributed by atoms with Gasteiger partial charge in [0.25, 0.3) is 5.91 Å². The Bertz CT molecular complexity index is 737. The minimum atomic E-state index is 0.0957. The predicted octanol–water partition coefficient (Wildman–Crippen LogP) is 3.90. The molecule has 1 aliphatic rings. The number of hydrogen-bond donors (Lipinski definition) is 1. The van der Waals surface area contributed by atoms with Crippen molar-refractivity contribution < 1.29 is 4.79 Å². The molecule has 24 heavy (non-hydrogen) atoms. The van der Waals surface area contributed by atoms with Crippen molar-refractivity contribution in [3.63, 3.8) is 0 Å². The van der Waals surface area contributed by atoms with E-state index >= 15 is 0 Å². The average molecular weight is 321 g/mol. The largest absolute Gasteiger partial charge is 0.397 e. The molecule has 4 nitrogen and oxygen atoms in total. The highest BCUT2D eigenvalue weighted by atomic mass is 16.2. The summed E-state index contributed by atoms with van der Waals surface area (Å²) in [5.41, 5.74) is 9.10. The first-order valence-electron chi connectivity index (χ1n) is 8.47. The molecule has 0 aliphatic carbocycles. The number of nitrogen functional groups attached to an aromatic ring is 1. The zero-order valence-corrected chi connectivity index (χ0v) is 14.0. The highest BCUT2D eigenvalue weighted by molar-refractivity contribution is 5.95. The number of amides is 1. The molecule has 0 radical (unpaired) electrons. The van der Waals surface area contributed by atoms with Gasteiger partial charge >= 0.3 is 0 Å². The van der Waals surface area contributed by atoms with Crippen LogP contribution in [-0.2, 0) is 0 Å². The van der Waals surface area contributed by atoms with Gasteiger partial charge in [-0.05, 0) is 30.2 Å². The van der Waals surface area contributed by atoms with E-state index in [2.05, 4.69) is 24.1 Å². The number of pyridine rings is 1. The van der Waals surface area contributed by atoms with Crippen molar-refractivity contribution in [3.05, 3.63) is 60.4 Å². The Kier molecular flexibility index (Phi) is 4.94. The second-order valence-electron chi connectivity index (χ2n) is 6.18. The molecule has 2 heterocycles. The molecule has 0 spiro atoms. The third-order valence-electron chi connectivity index (χ3n) is 4.40. The van der Waals surface area contributed by atoms with Gasteiger partial charge in [-0.3, -0.25) is 9.78 Å². The highest BCUT2D eigenvalue weighted by Gasteiger charge is 2.25. The zero-order chi connectivity index (χ0) is 16.9. The fourth-order valence-electron chi connectivity index (χ4n) is 3.06. The summed E-state index contributed by atoms with van der Waals surface area (Å²) in [7, 11) is 0. The Balaban J connectivity index is 1.74. The van der Waals surface area contributed by atoms with E-state index in [-0.39, 0.29) is 11.9 Å². The van der Waals surface area contributed by atoms with Crippen LogP contribution in [0.1, 0.15) is 36.5 Å². The normalized spacial score (nSPS) is 16.5. The lowest BCUT2D eigenvalue weighted by Gasteiger charge is -2.24. The number of unbranched alkanes of at least 4 members (excludes halogenated alkanes) is 1. The molecule has 0 fully saturated rings. The Hall–Kier alpha value is -2.62. The number of hydrogen-bond acceptors (Lipinski definition) is 3. The second kappa shape index (κ2) is 7.30. The fourth-order valence-corrected chi connectivity index (χ4v) is 3.06. The molecular weight excluding hydrogens is 298 g/mol. The van der Waals surface area contributed by atoms with Crippen molar-refractivity contribution >= 4 is 11.6 Å². The van der Waals surface area contributed by atoms with Gasteiger partial charge in [0, 0.05) is 30.1 Å². The van der Waals surface area contributed by atoms with Crippen LogP contribution in [0.5, 0.6) is 0 Å². The summed E-state index contributed by atoms with van der Waals surface area (Å²) in [6, 6.07) is 9.79. The molecule has 1 atom stereocenters. The van der Waals surface area contributed by atoms with Gasteiger partial charge in [-0.25, -0.2) is 0 Å². The van der Waals surface area contributed by atoms with Crippen molar-refractivity contribution in [2.24, 2.45) is 0 Å². The zero-order valence-electron chi connectivity index (χ0n) is 14.0. The maximum absolute atomic E-state index is 12.8. The van der Waals surface area contributed by atoms with Crippen molar-refractivity contribution in [2.45, 2.75) is 32.2 Å². The Morgan fingerprint density at radius 3 is 2.75 bits per heavy atom. The van der Waals surface area contributed by atoms with E-state index in [0.717, 1.165) is 36.0 Å². The molecule has 1 aromatic heterocycles. The number of carbonyl (C=O) groups is 1. The minimum absolute atomic E-state index is 0.0957. The summed E-state index contributed by atoms with van der Waals surface area (Å²) in [4.78, 5) is 18.8. The summed E-state index contributed by atoms with van der Waals surface area (Å²) in [6.07, 6.45) is 11.0. The minimum Gasteiger partial charge on any atom is -0.397 e. The van der Waals surface area contributed by atoms with Crippen LogP contribution in [0.25, 0.3) is 11.1 Å². The van der Waals surface area contributed by atoms with Gasteiger partial charge in [0.15, 0.2) is 0 Å². The van der Waals surface area contributed by atoms with E-state index in [4.69, 9.17) is 5.73 Å². The van der Waals surface area contributed by atoms with Gasteiger partial charge in [0.1, 0.15) is 0 Å². The van der Waals surface area contributed by atoms with E-state index in [1.54, 1.807) is 12.4 Å². The summed E-state index contributed by atoms with van der Waals surface area (Å²) in [5.74, 6) is 0.0957. The fraction of sp³-hybridized carbons (Fsp3) is 0.300. The number of benzene rings is 1. The number of nitrogens with zero attached hydrogens (tertiary/aromatic N) is 2. The first-order chi connectivity index (χ1) is 11.7. The lowest BCUT2D eigenvalue weighted by atomic mass is 10.0. The monoisotopic (exact) mass is 321 g/mol. The van der Waals surface area contributed by atoms with Gasteiger partial charge in [-0.2, -0.15) is 0 Å². The van der Waals surface area contributed by atoms with E-state index in [1.165, 1.54) is 0 Å². The van der Waals surface area contributed by atoms with Crippen molar-refractivity contribution in [2.75, 3.05) is 12.3 Å². The molecule has 1 amide bonds. The molecule has 4 heteroatoms. The van der Waals surface area contributed by atoms with Crippen molar-refractivity contribution in [1.82, 2.24) is 9.88 Å². The Morgan fingerprint density at radius 1 is 1.25 bits per heavy atom. The van der Waals surface area contributed by atoms with E-state index in [1.807, 2.05) is 35.2 Å². The molecule has 2 N–H and O–H groups in total. The maximum atomic E-state index is 12.8. The molecule has 1 aliphatic heterocycles. The number of rotatable bonds is 5. The van der Waals surface area contributed by atoms with Crippen LogP contribution >= 0.6 is 0 Å². The van der Waals surface area contributed by atoms with Gasteiger partial charge in [-0.1, -0.05) is 44.1 Å². The topological polar surface area (TPSA) is 59.2 Å². The van der Waals surface area contributed by atoms with Crippen LogP contribution in [0.3, 0.4) is 0 Å². The third kappa shape index (κ3) is 3.48. The van der Waals surface area contributed by atoms with Gasteiger partial charge in [0.05, 0.1) is 11.7 Å². The lowest BCUT2D eigenvalue weighted by molar-refractivity contribution is 0.0743. The maximum Gasteiger partial charge on any atom is 0.254 e. The smallest absolute Gasteiger partial charge is 0.254 e. The molecule has 0 bridgehead atoms. The van der Waals surface area contributed by atoms with Gasteiger partial charge in [0.2, 0.25) is 0 Å². The van der Waals surface area contributed by atoms with Crippen LogP contribution in [0.15, 0.2) is 54.9 Å². The molecule has 124 valence electrons. The summed E-state index contributed by atoms with van der Waals surface area (Å²) >= 11 is 0. The second-order valence-corrected chi connectivity index (χ2v) is 6.18. The molecule has 3 rings (SSSR count). The average Bonchev–Trinajstić information content (AvgIpc) is 3.08. The SMILES string of the molecule is CCCCC1C=CCN1C(=O)c1ccc(-c2cncc(N)c2)cc1. The Morgan fingerprint density at radius 2 is 2.04 bits per heavy atom. The van der Waals surface area contributed by atoms with Crippen LogP contribution in [0.2, 0.25) is 0 Å². The van der Waals surface area contributed by atoms with E-state index in [9.17, 15) is 4.79 Å². The highest BCUT2D eigenvalue weighted by Crippen LogP contribution is 2.23. The number of aromatic nitrogens is 1. The lowest BCUT2D eigenvalue weighted by Crippen LogP contribution is -2.36. The first-order valence-corrected chi connectivity index (χ1v) is 8.47. The molecule has 2 aromatic rings. The number of nitrogens with two attached hydrogens (primary N) is 1. The summed E-state index contributed by atoms with van der Waals surface area (Å²) in [5, 5.41) is 0. The molecule has 1 aromatic carbocycles. The van der Waals surface area contributed by atoms with E-state index < -0.39 is 0 Å². The standard InChI is InChI=1S/C20H23N3O/c1-2-3-5-19-6-4-11-23(19)20(24)16-9-7-15(8-10-16)17-12-18(21)14-22-13-17/h4,6-10,12-14,19H,2-3,5,11,21H2,1H3. The number of anilines is 1. The van der Waals surface area contributed by atoms with Crippen molar-refractivity contribution in [1.29, 1.82) is 0 Å². The van der Waals surface area contributed by atoms with Crippen molar-refractivity contribution in [3.8, 4) is 11.1 Å². The molecule has 1 unspecified atom stereocenters. The number of carbonyl (C=O) groups excluding carboxylic acids is 1. The summed E-state index contributed by atoms with van der Waals surface area (Å²) in [6.45, 7) is 2.88. The van der Waals surface area contributed by atoms with Crippen LogP contribution in [0, 0.1) is 0 Å². The quantitative estimate of drug-likeness (QED) is 0.850. The molecule has 0 saturated carbocycles. The third-order valence-corrected chi connectivity index (χ3v) is 4.40. The van der Waals surface area contributed by atoms with Gasteiger partial charge in [-0.15, -0.1) is 0 Å². The van der Waals surface area contributed by atoms with Crippen LogP contribution in [0.4, 0.5) is 5.69 Å².